The van der Waals surface area contributed by atoms with Crippen molar-refractivity contribution in [2.45, 2.75) is 39.5 Å². The van der Waals surface area contributed by atoms with Gasteiger partial charge < -0.3 is 10.1 Å². The van der Waals surface area contributed by atoms with Crippen molar-refractivity contribution in [1.29, 1.82) is 0 Å². The highest BCUT2D eigenvalue weighted by molar-refractivity contribution is 6.07. The molecule has 1 aromatic rings. The standard InChI is InChI=1S/C20H24N2O5/c1-12-7-8-16(13(2)9-12)21-17(23)11-27-18(24)10-22-19(25)14-5-3-4-6-15(14)20(22)26/h7-9,14-15H,3-6,10-11H2,1-2H3,(H,21,23)/t14-,15+. The second kappa shape index (κ2) is 7.90. The maximum atomic E-state index is 12.3. The number of nitrogens with zero attached hydrogens (tertiary/aromatic N) is 1. The molecule has 2 fully saturated rings. The van der Waals surface area contributed by atoms with Gasteiger partial charge in [-0.2, -0.15) is 0 Å². The minimum Gasteiger partial charge on any atom is -0.454 e. The molecule has 1 saturated heterocycles. The van der Waals surface area contributed by atoms with E-state index < -0.39 is 25.0 Å². The van der Waals surface area contributed by atoms with Gasteiger partial charge in [-0.25, -0.2) is 0 Å². The van der Waals surface area contributed by atoms with Gasteiger partial charge in [0.15, 0.2) is 6.61 Å². The Bertz CT molecular complexity index is 765. The fourth-order valence-corrected chi connectivity index (χ4v) is 3.85. The SMILES string of the molecule is Cc1ccc(NC(=O)COC(=O)CN2C(=O)[C@H]3CCCC[C@H]3C2=O)c(C)c1. The van der Waals surface area contributed by atoms with Gasteiger partial charge in [0.05, 0.1) is 11.8 Å². The van der Waals surface area contributed by atoms with E-state index in [1.165, 1.54) is 0 Å². The number of benzene rings is 1. The van der Waals surface area contributed by atoms with Crippen molar-refractivity contribution in [2.24, 2.45) is 11.8 Å². The van der Waals surface area contributed by atoms with Crippen molar-refractivity contribution in [2.75, 3.05) is 18.5 Å². The fourth-order valence-electron chi connectivity index (χ4n) is 3.85. The summed E-state index contributed by atoms with van der Waals surface area (Å²) in [5, 5.41) is 2.68. The second-order valence-corrected chi connectivity index (χ2v) is 7.29. The van der Waals surface area contributed by atoms with E-state index >= 15 is 0 Å². The first-order valence-electron chi connectivity index (χ1n) is 9.25. The van der Waals surface area contributed by atoms with Crippen molar-refractivity contribution in [3.8, 4) is 0 Å². The first-order valence-corrected chi connectivity index (χ1v) is 9.25. The van der Waals surface area contributed by atoms with Crippen LogP contribution in [0, 0.1) is 25.7 Å². The summed E-state index contributed by atoms with van der Waals surface area (Å²) in [5.74, 6) is -2.41. The Labute approximate surface area is 158 Å². The number of imide groups is 1. The van der Waals surface area contributed by atoms with Crippen molar-refractivity contribution >= 4 is 29.4 Å². The van der Waals surface area contributed by atoms with Crippen molar-refractivity contribution in [3.05, 3.63) is 29.3 Å². The first-order chi connectivity index (χ1) is 12.9. The van der Waals surface area contributed by atoms with Gasteiger partial charge in [-0.1, -0.05) is 30.5 Å². The van der Waals surface area contributed by atoms with E-state index in [-0.39, 0.29) is 23.7 Å². The van der Waals surface area contributed by atoms with Crippen LogP contribution in [0.15, 0.2) is 18.2 Å². The van der Waals surface area contributed by atoms with Crippen LogP contribution in [0.25, 0.3) is 0 Å². The molecule has 1 N–H and O–H groups in total. The van der Waals surface area contributed by atoms with Crippen LogP contribution in [0.4, 0.5) is 5.69 Å². The number of hydrogen-bond acceptors (Lipinski definition) is 5. The van der Waals surface area contributed by atoms with Gasteiger partial charge in [0.25, 0.3) is 5.91 Å². The average molecular weight is 372 g/mol. The minimum atomic E-state index is -0.758. The van der Waals surface area contributed by atoms with Crippen LogP contribution in [0.5, 0.6) is 0 Å². The number of nitrogens with one attached hydrogen (secondary N) is 1. The molecular weight excluding hydrogens is 348 g/mol. The van der Waals surface area contributed by atoms with Crippen LogP contribution < -0.4 is 5.32 Å². The Kier molecular flexibility index (Phi) is 5.58. The third kappa shape index (κ3) is 4.18. The predicted molar refractivity (Wildman–Crippen MR) is 97.7 cm³/mol. The molecule has 2 aliphatic rings. The molecule has 0 aromatic heterocycles. The van der Waals surface area contributed by atoms with Crippen molar-refractivity contribution in [3.63, 3.8) is 0 Å². The molecule has 0 unspecified atom stereocenters. The molecule has 1 aromatic carbocycles. The van der Waals surface area contributed by atoms with Crippen LogP contribution in [0.1, 0.15) is 36.8 Å². The molecular formula is C20H24N2O5. The lowest BCUT2D eigenvalue weighted by Gasteiger charge is -2.19. The molecule has 1 aliphatic carbocycles. The van der Waals surface area contributed by atoms with Gasteiger partial charge in [0.1, 0.15) is 6.54 Å². The van der Waals surface area contributed by atoms with E-state index in [0.29, 0.717) is 18.5 Å². The van der Waals surface area contributed by atoms with Gasteiger partial charge in [-0.3, -0.25) is 24.1 Å². The van der Waals surface area contributed by atoms with E-state index in [1.807, 2.05) is 26.0 Å². The number of fused-ring (bicyclic) bond motifs is 1. The maximum Gasteiger partial charge on any atom is 0.326 e. The van der Waals surface area contributed by atoms with Crippen molar-refractivity contribution < 1.29 is 23.9 Å². The number of amides is 3. The molecule has 0 bridgehead atoms. The molecule has 1 saturated carbocycles. The predicted octanol–water partition coefficient (Wildman–Crippen LogP) is 1.96. The molecule has 27 heavy (non-hydrogen) atoms. The lowest BCUT2D eigenvalue weighted by atomic mass is 9.81. The number of carbonyl (C=O) groups excluding carboxylic acids is 4. The van der Waals surface area contributed by atoms with Gasteiger partial charge in [0.2, 0.25) is 11.8 Å². The van der Waals surface area contributed by atoms with E-state index in [1.54, 1.807) is 6.07 Å². The zero-order valence-electron chi connectivity index (χ0n) is 15.6. The van der Waals surface area contributed by atoms with Crippen LogP contribution in [-0.4, -0.2) is 41.7 Å². The zero-order valence-corrected chi connectivity index (χ0v) is 15.6. The molecule has 1 aliphatic heterocycles. The van der Waals surface area contributed by atoms with E-state index in [9.17, 15) is 19.2 Å². The normalized spacial score (nSPS) is 21.8. The number of ether oxygens (including phenoxy) is 1. The second-order valence-electron chi connectivity index (χ2n) is 7.29. The highest BCUT2D eigenvalue weighted by Gasteiger charge is 2.48. The van der Waals surface area contributed by atoms with Gasteiger partial charge >= 0.3 is 5.97 Å². The number of aryl methyl sites for hydroxylation is 2. The summed E-state index contributed by atoms with van der Waals surface area (Å²) in [6.45, 7) is 2.94. The Morgan fingerprint density at radius 1 is 1.11 bits per heavy atom. The maximum absolute atomic E-state index is 12.3. The third-order valence-electron chi connectivity index (χ3n) is 5.24. The lowest BCUT2D eigenvalue weighted by Crippen LogP contribution is -2.37. The van der Waals surface area contributed by atoms with E-state index in [0.717, 1.165) is 28.9 Å². The largest absolute Gasteiger partial charge is 0.454 e. The van der Waals surface area contributed by atoms with Crippen LogP contribution in [0.2, 0.25) is 0 Å². The molecule has 1 heterocycles. The Hall–Kier alpha value is -2.70. The summed E-state index contributed by atoms with van der Waals surface area (Å²) in [5.41, 5.74) is 2.64. The number of rotatable bonds is 5. The number of anilines is 1. The Morgan fingerprint density at radius 3 is 2.33 bits per heavy atom. The first kappa shape index (κ1) is 19.1. The third-order valence-corrected chi connectivity index (χ3v) is 5.24. The molecule has 0 radical (unpaired) electrons. The number of hydrogen-bond donors (Lipinski definition) is 1. The van der Waals surface area contributed by atoms with Crippen LogP contribution >= 0.6 is 0 Å². The number of carbonyl (C=O) groups is 4. The molecule has 144 valence electrons. The van der Waals surface area contributed by atoms with Gasteiger partial charge in [0, 0.05) is 5.69 Å². The zero-order chi connectivity index (χ0) is 19.6. The molecule has 3 rings (SSSR count). The Morgan fingerprint density at radius 2 is 1.74 bits per heavy atom. The topological polar surface area (TPSA) is 92.8 Å². The molecule has 0 spiro atoms. The summed E-state index contributed by atoms with van der Waals surface area (Å²) in [6, 6.07) is 5.60. The van der Waals surface area contributed by atoms with Crippen molar-refractivity contribution in [1.82, 2.24) is 4.90 Å². The average Bonchev–Trinajstić information content (AvgIpc) is 2.88. The molecule has 7 nitrogen and oxygen atoms in total. The van der Waals surface area contributed by atoms with E-state index in [4.69, 9.17) is 4.74 Å². The van der Waals surface area contributed by atoms with Gasteiger partial charge in [-0.15, -0.1) is 0 Å². The highest BCUT2D eigenvalue weighted by Crippen LogP contribution is 2.37. The summed E-state index contributed by atoms with van der Waals surface area (Å²) in [6.07, 6.45) is 3.24. The molecule has 7 heteroatoms. The number of likely N-dealkylation sites (tertiary alicyclic amines) is 1. The fraction of sp³-hybridized carbons (Fsp3) is 0.500. The minimum absolute atomic E-state index is 0.290. The highest BCUT2D eigenvalue weighted by atomic mass is 16.5. The van der Waals surface area contributed by atoms with Crippen LogP contribution in [-0.2, 0) is 23.9 Å². The van der Waals surface area contributed by atoms with Gasteiger partial charge in [-0.05, 0) is 38.3 Å². The summed E-state index contributed by atoms with van der Waals surface area (Å²) in [4.78, 5) is 49.7. The molecule has 2 atom stereocenters. The summed E-state index contributed by atoms with van der Waals surface area (Å²) < 4.78 is 4.95. The monoisotopic (exact) mass is 372 g/mol. The number of esters is 1. The lowest BCUT2D eigenvalue weighted by molar-refractivity contribution is -0.154. The summed E-state index contributed by atoms with van der Waals surface area (Å²) in [7, 11) is 0. The van der Waals surface area contributed by atoms with Crippen LogP contribution in [0.3, 0.4) is 0 Å². The Balaban J connectivity index is 1.50. The van der Waals surface area contributed by atoms with E-state index in [2.05, 4.69) is 5.32 Å². The molecule has 3 amide bonds. The smallest absolute Gasteiger partial charge is 0.326 e. The summed E-state index contributed by atoms with van der Waals surface area (Å²) >= 11 is 0. The quantitative estimate of drug-likeness (QED) is 0.630.